The van der Waals surface area contributed by atoms with Crippen LogP contribution in [0.5, 0.6) is 0 Å². The van der Waals surface area contributed by atoms with Gasteiger partial charge in [-0.1, -0.05) is 24.3 Å². The number of carbonyl (C=O) groups excluding carboxylic acids is 1. The van der Waals surface area contributed by atoms with E-state index in [0.717, 1.165) is 74.4 Å². The molecule has 3 aromatic rings. The first-order valence-corrected chi connectivity index (χ1v) is 11.6. The third-order valence-corrected chi connectivity index (χ3v) is 6.39. The molecule has 0 radical (unpaired) electrons. The first kappa shape index (κ1) is 20.9. The number of anilines is 1. The zero-order chi connectivity index (χ0) is 21.8. The minimum Gasteiger partial charge on any atom is -0.379 e. The highest BCUT2D eigenvalue weighted by molar-refractivity contribution is 6.04. The van der Waals surface area contributed by atoms with E-state index in [1.807, 2.05) is 24.3 Å². The minimum absolute atomic E-state index is 0.208. The van der Waals surface area contributed by atoms with Crippen LogP contribution in [0.2, 0.25) is 0 Å². The molecule has 0 atom stereocenters. The summed E-state index contributed by atoms with van der Waals surface area (Å²) in [6.07, 6.45) is 7.92. The molecule has 0 bridgehead atoms. The van der Waals surface area contributed by atoms with Crippen LogP contribution in [0, 0.1) is 0 Å². The summed E-state index contributed by atoms with van der Waals surface area (Å²) in [5, 5.41) is 3.12. The third-order valence-electron chi connectivity index (χ3n) is 6.39. The molecular weight excluding hydrogens is 400 g/mol. The number of amides is 1. The fourth-order valence-electron chi connectivity index (χ4n) is 4.56. The van der Waals surface area contributed by atoms with Crippen LogP contribution in [0.1, 0.15) is 47.4 Å². The lowest BCUT2D eigenvalue weighted by atomic mass is 9.91. The number of rotatable bonds is 6. The molecule has 0 saturated carbocycles. The maximum atomic E-state index is 13.0. The minimum atomic E-state index is -0.208. The van der Waals surface area contributed by atoms with Crippen molar-refractivity contribution in [2.24, 2.45) is 0 Å². The van der Waals surface area contributed by atoms with Crippen LogP contribution in [0.25, 0.3) is 16.6 Å². The molecule has 1 aliphatic heterocycles. The van der Waals surface area contributed by atoms with E-state index >= 15 is 0 Å². The van der Waals surface area contributed by atoms with Crippen molar-refractivity contribution in [3.8, 4) is 0 Å². The van der Waals surface area contributed by atoms with Crippen molar-refractivity contribution < 1.29 is 9.53 Å². The molecule has 2 aromatic carbocycles. The van der Waals surface area contributed by atoms with Crippen molar-refractivity contribution in [2.45, 2.75) is 32.1 Å². The number of benzene rings is 2. The summed E-state index contributed by atoms with van der Waals surface area (Å²) in [4.78, 5) is 23.0. The molecule has 32 heavy (non-hydrogen) atoms. The molecule has 166 valence electrons. The van der Waals surface area contributed by atoms with E-state index in [4.69, 9.17) is 4.74 Å². The standard InChI is InChI=1S/C26H30N4O2/c31-26(25-27-23-8-4-5-9-24(23)28-25)29-22-11-10-19(12-13-30-14-16-32-17-15-30)18-21(22)20-6-2-1-3-7-20/h4-6,8-11,18H,1-3,7,12-17H2,(H,27,28)(H,29,31). The Labute approximate surface area is 188 Å². The highest BCUT2D eigenvalue weighted by Crippen LogP contribution is 2.33. The second-order valence-corrected chi connectivity index (χ2v) is 8.62. The Bertz CT molecular complexity index is 1090. The third kappa shape index (κ3) is 4.76. The zero-order valence-corrected chi connectivity index (χ0v) is 18.4. The lowest BCUT2D eigenvalue weighted by molar-refractivity contribution is 0.0384. The van der Waals surface area contributed by atoms with Crippen LogP contribution in [-0.4, -0.2) is 53.6 Å². The van der Waals surface area contributed by atoms with Gasteiger partial charge < -0.3 is 15.0 Å². The topological polar surface area (TPSA) is 70.2 Å². The predicted molar refractivity (Wildman–Crippen MR) is 128 cm³/mol. The van der Waals surface area contributed by atoms with Gasteiger partial charge in [-0.05, 0) is 67.5 Å². The van der Waals surface area contributed by atoms with Crippen LogP contribution in [-0.2, 0) is 11.2 Å². The number of aromatic nitrogens is 2. The Balaban J connectivity index is 1.37. The number of hydrogen-bond donors (Lipinski definition) is 2. The summed E-state index contributed by atoms with van der Waals surface area (Å²) in [6.45, 7) is 4.69. The van der Waals surface area contributed by atoms with Gasteiger partial charge in [0.15, 0.2) is 5.82 Å². The number of carbonyl (C=O) groups is 1. The van der Waals surface area contributed by atoms with E-state index in [-0.39, 0.29) is 5.91 Å². The normalized spacial score (nSPS) is 17.3. The van der Waals surface area contributed by atoms with Gasteiger partial charge in [0.25, 0.3) is 5.91 Å². The highest BCUT2D eigenvalue weighted by Gasteiger charge is 2.17. The first-order valence-electron chi connectivity index (χ1n) is 11.6. The Morgan fingerprint density at radius 1 is 1.12 bits per heavy atom. The smallest absolute Gasteiger partial charge is 0.291 e. The van der Waals surface area contributed by atoms with E-state index in [2.05, 4.69) is 44.5 Å². The summed E-state index contributed by atoms with van der Waals surface area (Å²) in [5.41, 5.74) is 6.31. The first-order chi connectivity index (χ1) is 15.8. The second kappa shape index (κ2) is 9.67. The maximum Gasteiger partial charge on any atom is 0.291 e. The van der Waals surface area contributed by atoms with E-state index in [0.29, 0.717) is 5.82 Å². The average Bonchev–Trinajstić information content (AvgIpc) is 3.29. The van der Waals surface area contributed by atoms with Gasteiger partial charge in [0.2, 0.25) is 0 Å². The molecule has 2 N–H and O–H groups in total. The predicted octanol–water partition coefficient (Wildman–Crippen LogP) is 4.65. The van der Waals surface area contributed by atoms with Crippen molar-refractivity contribution in [3.63, 3.8) is 0 Å². The van der Waals surface area contributed by atoms with Crippen molar-refractivity contribution in [1.29, 1.82) is 0 Å². The van der Waals surface area contributed by atoms with Crippen LogP contribution in [0.15, 0.2) is 48.5 Å². The van der Waals surface area contributed by atoms with Gasteiger partial charge in [0.05, 0.1) is 24.2 Å². The molecule has 6 nitrogen and oxygen atoms in total. The summed E-state index contributed by atoms with van der Waals surface area (Å²) >= 11 is 0. The van der Waals surface area contributed by atoms with Crippen LogP contribution in [0.3, 0.4) is 0 Å². The number of imidazole rings is 1. The molecule has 1 fully saturated rings. The Hall–Kier alpha value is -2.96. The molecule has 0 spiro atoms. The number of hydrogen-bond acceptors (Lipinski definition) is 4. The summed E-state index contributed by atoms with van der Waals surface area (Å²) in [5.74, 6) is 0.131. The summed E-state index contributed by atoms with van der Waals surface area (Å²) < 4.78 is 5.46. The van der Waals surface area contributed by atoms with Gasteiger partial charge in [-0.15, -0.1) is 0 Å². The molecule has 5 rings (SSSR count). The van der Waals surface area contributed by atoms with Gasteiger partial charge in [-0.25, -0.2) is 4.98 Å². The molecule has 1 aliphatic carbocycles. The number of nitrogens with zero attached hydrogens (tertiary/aromatic N) is 2. The van der Waals surface area contributed by atoms with Gasteiger partial charge in [0, 0.05) is 30.9 Å². The van der Waals surface area contributed by atoms with Crippen LogP contribution < -0.4 is 5.32 Å². The maximum absolute atomic E-state index is 13.0. The van der Waals surface area contributed by atoms with Crippen LogP contribution >= 0.6 is 0 Å². The lowest BCUT2D eigenvalue weighted by Crippen LogP contribution is -2.37. The summed E-state index contributed by atoms with van der Waals surface area (Å²) in [6, 6.07) is 14.2. The van der Waals surface area contributed by atoms with Crippen molar-refractivity contribution >= 4 is 28.2 Å². The molecule has 1 aromatic heterocycles. The number of ether oxygens (including phenoxy) is 1. The quantitative estimate of drug-likeness (QED) is 0.597. The lowest BCUT2D eigenvalue weighted by Gasteiger charge is -2.26. The molecule has 1 saturated heterocycles. The molecule has 2 aliphatic rings. The molecule has 1 amide bonds. The SMILES string of the molecule is O=C(Nc1ccc(CCN2CCOCC2)cc1C1=CCCCC1)c1nc2ccccc2[nH]1. The number of fused-ring (bicyclic) bond motifs is 1. The zero-order valence-electron chi connectivity index (χ0n) is 18.4. The molecule has 2 heterocycles. The fraction of sp³-hybridized carbons (Fsp3) is 0.385. The van der Waals surface area contributed by atoms with Gasteiger partial charge in [-0.2, -0.15) is 0 Å². The largest absolute Gasteiger partial charge is 0.379 e. The fourth-order valence-corrected chi connectivity index (χ4v) is 4.56. The molecule has 6 heteroatoms. The van der Waals surface area contributed by atoms with E-state index in [9.17, 15) is 4.79 Å². The number of morpholine rings is 1. The van der Waals surface area contributed by atoms with E-state index < -0.39 is 0 Å². The number of nitrogens with one attached hydrogen (secondary N) is 2. The molecule has 0 unspecified atom stereocenters. The van der Waals surface area contributed by atoms with E-state index in [1.165, 1.54) is 24.0 Å². The number of allylic oxidation sites excluding steroid dienone is 2. The van der Waals surface area contributed by atoms with Gasteiger partial charge in [-0.3, -0.25) is 9.69 Å². The highest BCUT2D eigenvalue weighted by atomic mass is 16.5. The Kier molecular flexibility index (Phi) is 6.32. The second-order valence-electron chi connectivity index (χ2n) is 8.62. The number of para-hydroxylation sites is 2. The van der Waals surface area contributed by atoms with Crippen molar-refractivity contribution in [3.05, 3.63) is 65.5 Å². The van der Waals surface area contributed by atoms with Crippen molar-refractivity contribution in [2.75, 3.05) is 38.2 Å². The number of aromatic amines is 1. The summed E-state index contributed by atoms with van der Waals surface area (Å²) in [7, 11) is 0. The number of H-pyrrole nitrogens is 1. The van der Waals surface area contributed by atoms with Gasteiger partial charge in [0.1, 0.15) is 0 Å². The average molecular weight is 431 g/mol. The van der Waals surface area contributed by atoms with E-state index in [1.54, 1.807) is 0 Å². The Morgan fingerprint density at radius 3 is 2.81 bits per heavy atom. The van der Waals surface area contributed by atoms with Crippen LogP contribution in [0.4, 0.5) is 5.69 Å². The monoisotopic (exact) mass is 430 g/mol. The van der Waals surface area contributed by atoms with Gasteiger partial charge >= 0.3 is 0 Å². The molecular formula is C26H30N4O2. The Morgan fingerprint density at radius 2 is 2.00 bits per heavy atom. The van der Waals surface area contributed by atoms with Crippen molar-refractivity contribution in [1.82, 2.24) is 14.9 Å².